The fourth-order valence-corrected chi connectivity index (χ4v) is 4.05. The van der Waals surface area contributed by atoms with Gasteiger partial charge in [-0.2, -0.15) is 0 Å². The largest absolute Gasteiger partial charge is 0.481 e. The first-order valence-corrected chi connectivity index (χ1v) is 11.0. The van der Waals surface area contributed by atoms with Crippen LogP contribution in [0.15, 0.2) is 53.9 Å². The van der Waals surface area contributed by atoms with E-state index in [2.05, 4.69) is 15.6 Å². The Hall–Kier alpha value is -2.61. The van der Waals surface area contributed by atoms with E-state index in [0.29, 0.717) is 16.5 Å². The van der Waals surface area contributed by atoms with Gasteiger partial charge in [0.1, 0.15) is 5.75 Å². The first-order valence-electron chi connectivity index (χ1n) is 9.70. The van der Waals surface area contributed by atoms with Crippen molar-refractivity contribution in [1.82, 2.24) is 4.98 Å². The van der Waals surface area contributed by atoms with Gasteiger partial charge < -0.3 is 19.7 Å². The highest BCUT2D eigenvalue weighted by atomic mass is 35.5. The Morgan fingerprint density at radius 2 is 1.87 bits per heavy atom. The minimum Gasteiger partial charge on any atom is -0.481 e. The topological polar surface area (TPSA) is 63.7 Å². The number of carbonyl (C=O) groups is 1. The molecule has 1 N–H and O–H groups in total. The molecule has 1 amide bonds. The normalized spacial score (nSPS) is 14.9. The summed E-state index contributed by atoms with van der Waals surface area (Å²) in [6, 6.07) is 14.6. The number of nitrogens with zero attached hydrogens (tertiary/aromatic N) is 2. The third-order valence-electron chi connectivity index (χ3n) is 4.72. The Morgan fingerprint density at radius 3 is 2.57 bits per heavy atom. The average molecular weight is 444 g/mol. The number of morpholine rings is 1. The number of rotatable bonds is 6. The van der Waals surface area contributed by atoms with Crippen LogP contribution in [0.1, 0.15) is 6.92 Å². The lowest BCUT2D eigenvalue weighted by atomic mass is 10.1. The zero-order valence-electron chi connectivity index (χ0n) is 16.5. The van der Waals surface area contributed by atoms with Gasteiger partial charge >= 0.3 is 0 Å². The van der Waals surface area contributed by atoms with Gasteiger partial charge in [-0.3, -0.25) is 4.79 Å². The lowest BCUT2D eigenvalue weighted by Crippen LogP contribution is -2.36. The second-order valence-electron chi connectivity index (χ2n) is 6.90. The van der Waals surface area contributed by atoms with Gasteiger partial charge in [0.25, 0.3) is 5.91 Å². The molecule has 3 aromatic rings. The molecule has 0 radical (unpaired) electrons. The first-order chi connectivity index (χ1) is 14.6. The van der Waals surface area contributed by atoms with Crippen LogP contribution in [0.25, 0.3) is 11.3 Å². The maximum atomic E-state index is 12.4. The van der Waals surface area contributed by atoms with E-state index in [1.807, 2.05) is 24.3 Å². The van der Waals surface area contributed by atoms with Crippen LogP contribution < -0.4 is 15.0 Å². The molecular formula is C22H22ClN3O3S. The monoisotopic (exact) mass is 443 g/mol. The summed E-state index contributed by atoms with van der Waals surface area (Å²) in [7, 11) is 0. The average Bonchev–Trinajstić information content (AvgIpc) is 3.27. The zero-order chi connectivity index (χ0) is 20.9. The van der Waals surface area contributed by atoms with Crippen molar-refractivity contribution in [3.05, 3.63) is 58.9 Å². The number of hydrogen-bond donors (Lipinski definition) is 1. The standard InChI is InChI=1S/C22H22ClN3O3S/c1-15(29-19-8-4-17(23)5-9-19)21(27)24-18-6-2-16(3-7-18)20-14-30-22(25-20)26-10-12-28-13-11-26/h2-9,14-15H,10-13H2,1H3,(H,24,27). The number of ether oxygens (including phenoxy) is 2. The molecule has 1 unspecified atom stereocenters. The van der Waals surface area contributed by atoms with Gasteiger partial charge in [-0.15, -0.1) is 11.3 Å². The number of aromatic nitrogens is 1. The molecule has 0 aliphatic carbocycles. The second kappa shape index (κ2) is 9.47. The summed E-state index contributed by atoms with van der Waals surface area (Å²) >= 11 is 7.51. The summed E-state index contributed by atoms with van der Waals surface area (Å²) in [6.45, 7) is 4.93. The predicted molar refractivity (Wildman–Crippen MR) is 121 cm³/mol. The van der Waals surface area contributed by atoms with Gasteiger partial charge in [-0.05, 0) is 43.3 Å². The quantitative estimate of drug-likeness (QED) is 0.598. The molecule has 1 aromatic heterocycles. The van der Waals surface area contributed by atoms with Crippen LogP contribution >= 0.6 is 22.9 Å². The maximum Gasteiger partial charge on any atom is 0.265 e. The van der Waals surface area contributed by atoms with Gasteiger partial charge in [0.2, 0.25) is 0 Å². The van der Waals surface area contributed by atoms with E-state index < -0.39 is 6.10 Å². The van der Waals surface area contributed by atoms with E-state index in [1.54, 1.807) is 42.5 Å². The van der Waals surface area contributed by atoms with Crippen molar-refractivity contribution in [3.63, 3.8) is 0 Å². The van der Waals surface area contributed by atoms with E-state index >= 15 is 0 Å². The summed E-state index contributed by atoms with van der Waals surface area (Å²) in [4.78, 5) is 19.4. The maximum absolute atomic E-state index is 12.4. The van der Waals surface area contributed by atoms with Crippen LogP contribution in [0.3, 0.4) is 0 Å². The Morgan fingerprint density at radius 1 is 1.17 bits per heavy atom. The summed E-state index contributed by atoms with van der Waals surface area (Å²) in [5.74, 6) is 0.373. The number of thiazole rings is 1. The van der Waals surface area contributed by atoms with Crippen molar-refractivity contribution in [1.29, 1.82) is 0 Å². The molecule has 1 saturated heterocycles. The number of anilines is 2. The van der Waals surface area contributed by atoms with Crippen LogP contribution in [0, 0.1) is 0 Å². The summed E-state index contributed by atoms with van der Waals surface area (Å²) < 4.78 is 11.1. The van der Waals surface area contributed by atoms with E-state index in [-0.39, 0.29) is 5.91 Å². The number of amides is 1. The molecule has 0 saturated carbocycles. The summed E-state index contributed by atoms with van der Waals surface area (Å²) in [5.41, 5.74) is 2.65. The van der Waals surface area contributed by atoms with Crippen molar-refractivity contribution in [2.75, 3.05) is 36.5 Å². The molecule has 1 atom stereocenters. The third-order valence-corrected chi connectivity index (χ3v) is 5.87. The van der Waals surface area contributed by atoms with Crippen LogP contribution in [0.4, 0.5) is 10.8 Å². The SMILES string of the molecule is CC(Oc1ccc(Cl)cc1)C(=O)Nc1ccc(-c2csc(N3CCOCC3)n2)cc1. The van der Waals surface area contributed by atoms with Crippen molar-refractivity contribution in [3.8, 4) is 17.0 Å². The number of benzene rings is 2. The van der Waals surface area contributed by atoms with Crippen molar-refractivity contribution >= 4 is 39.7 Å². The molecule has 4 rings (SSSR count). The predicted octanol–water partition coefficient (Wildman–Crippen LogP) is 4.71. The highest BCUT2D eigenvalue weighted by Crippen LogP contribution is 2.28. The van der Waals surface area contributed by atoms with Gasteiger partial charge in [0, 0.05) is 34.7 Å². The Bertz CT molecular complexity index is 986. The molecule has 1 aliphatic heterocycles. The minimum atomic E-state index is -0.638. The third kappa shape index (κ3) is 5.11. The molecule has 2 aromatic carbocycles. The molecule has 0 spiro atoms. The number of hydrogen-bond acceptors (Lipinski definition) is 6. The molecule has 1 fully saturated rings. The molecular weight excluding hydrogens is 422 g/mol. The van der Waals surface area contributed by atoms with E-state index in [4.69, 9.17) is 26.1 Å². The smallest absolute Gasteiger partial charge is 0.265 e. The minimum absolute atomic E-state index is 0.221. The Kier molecular flexibility index (Phi) is 6.52. The molecule has 1 aliphatic rings. The van der Waals surface area contributed by atoms with Crippen molar-refractivity contribution in [2.45, 2.75) is 13.0 Å². The van der Waals surface area contributed by atoms with Crippen molar-refractivity contribution < 1.29 is 14.3 Å². The summed E-state index contributed by atoms with van der Waals surface area (Å²) in [5, 5.41) is 6.57. The van der Waals surface area contributed by atoms with E-state index in [0.717, 1.165) is 42.7 Å². The molecule has 0 bridgehead atoms. The lowest BCUT2D eigenvalue weighted by molar-refractivity contribution is -0.122. The van der Waals surface area contributed by atoms with Crippen LogP contribution in [0.2, 0.25) is 5.02 Å². The number of carbonyl (C=O) groups excluding carboxylic acids is 1. The fraction of sp³-hybridized carbons (Fsp3) is 0.273. The highest BCUT2D eigenvalue weighted by molar-refractivity contribution is 7.14. The Balaban J connectivity index is 1.35. The van der Waals surface area contributed by atoms with Gasteiger partial charge in [-0.1, -0.05) is 23.7 Å². The number of nitrogens with one attached hydrogen (secondary N) is 1. The van der Waals surface area contributed by atoms with E-state index in [1.165, 1.54) is 0 Å². The zero-order valence-corrected chi connectivity index (χ0v) is 18.1. The van der Waals surface area contributed by atoms with Crippen molar-refractivity contribution in [2.24, 2.45) is 0 Å². The molecule has 6 nitrogen and oxygen atoms in total. The fourth-order valence-electron chi connectivity index (χ4n) is 3.04. The second-order valence-corrected chi connectivity index (χ2v) is 8.17. The lowest BCUT2D eigenvalue weighted by Gasteiger charge is -2.26. The first kappa shape index (κ1) is 20.7. The van der Waals surface area contributed by atoms with Gasteiger partial charge in [0.15, 0.2) is 11.2 Å². The summed E-state index contributed by atoms with van der Waals surface area (Å²) in [6.07, 6.45) is -0.638. The number of halogens is 1. The Labute approximate surface area is 184 Å². The van der Waals surface area contributed by atoms with Gasteiger partial charge in [0.05, 0.1) is 18.9 Å². The van der Waals surface area contributed by atoms with Crippen LogP contribution in [-0.4, -0.2) is 43.3 Å². The van der Waals surface area contributed by atoms with Gasteiger partial charge in [-0.25, -0.2) is 4.98 Å². The highest BCUT2D eigenvalue weighted by Gasteiger charge is 2.17. The molecule has 30 heavy (non-hydrogen) atoms. The molecule has 156 valence electrons. The van der Waals surface area contributed by atoms with E-state index in [9.17, 15) is 4.79 Å². The van der Waals surface area contributed by atoms with Crippen LogP contribution in [-0.2, 0) is 9.53 Å². The van der Waals surface area contributed by atoms with Crippen LogP contribution in [0.5, 0.6) is 5.75 Å². The molecule has 8 heteroatoms. The molecule has 2 heterocycles.